The number of carbonyl (C=O) groups is 2. The number of rotatable bonds is 5. The number of hydrogen-bond acceptors (Lipinski definition) is 4. The summed E-state index contributed by atoms with van der Waals surface area (Å²) in [5, 5.41) is 18.7. The molecular weight excluding hydrogens is 376 g/mol. The van der Waals surface area contributed by atoms with Crippen molar-refractivity contribution in [2.45, 2.75) is 59.2 Å². The Bertz CT molecular complexity index is 781. The Kier molecular flexibility index (Phi) is 5.69. The Labute approximate surface area is 155 Å². The highest BCUT2D eigenvalue weighted by molar-refractivity contribution is 7.89. The van der Waals surface area contributed by atoms with E-state index in [1.54, 1.807) is 0 Å². The summed E-state index contributed by atoms with van der Waals surface area (Å²) in [7, 11) is -6.60. The molecule has 10 heteroatoms. The van der Waals surface area contributed by atoms with Gasteiger partial charge in [-0.1, -0.05) is 39.9 Å². The molecule has 0 aliphatic heterocycles. The van der Waals surface area contributed by atoms with Gasteiger partial charge in [0.1, 0.15) is 13.7 Å². The molecule has 0 radical (unpaired) electrons. The van der Waals surface area contributed by atoms with Crippen LogP contribution < -0.4 is 4.39 Å². The Balaban J connectivity index is 3.43. The molecule has 0 heterocycles. The predicted molar refractivity (Wildman–Crippen MR) is 102 cm³/mol. The fourth-order valence-corrected chi connectivity index (χ4v) is 6.93. The van der Waals surface area contributed by atoms with Gasteiger partial charge in [-0.25, -0.2) is 4.39 Å². The van der Waals surface area contributed by atoms with Crippen molar-refractivity contribution in [3.8, 4) is 0 Å². The average molecular weight is 405 g/mol. The van der Waals surface area contributed by atoms with E-state index in [0.29, 0.717) is 0 Å². The number of hydrogen-bond donors (Lipinski definition) is 3. The number of nitrogens with one attached hydrogen (secondary N) is 1. The van der Waals surface area contributed by atoms with E-state index < -0.39 is 41.2 Å². The lowest BCUT2D eigenvalue weighted by molar-refractivity contribution is -0.150. The third kappa shape index (κ3) is 4.41. The molecule has 0 aromatic rings. The van der Waals surface area contributed by atoms with Gasteiger partial charge >= 0.3 is 22.1 Å². The summed E-state index contributed by atoms with van der Waals surface area (Å²) >= 11 is 0. The quantitative estimate of drug-likeness (QED) is 0.603. The van der Waals surface area contributed by atoms with Crippen molar-refractivity contribution in [3.63, 3.8) is 0 Å². The first-order chi connectivity index (χ1) is 11.4. The molecule has 0 aromatic carbocycles. The van der Waals surface area contributed by atoms with Gasteiger partial charge in [0.15, 0.2) is 0 Å². The molecule has 148 valence electrons. The lowest BCUT2D eigenvalue weighted by Gasteiger charge is -2.37. The first-order valence-corrected chi connectivity index (χ1v) is 12.6. The molecule has 8 nitrogen and oxygen atoms in total. The van der Waals surface area contributed by atoms with Crippen molar-refractivity contribution in [3.05, 3.63) is 12.2 Å². The highest BCUT2D eigenvalue weighted by Gasteiger charge is 2.50. The Morgan fingerprint density at radius 1 is 1.19 bits per heavy atom. The van der Waals surface area contributed by atoms with Gasteiger partial charge in [0, 0.05) is 0 Å². The van der Waals surface area contributed by atoms with Crippen molar-refractivity contribution in [2.75, 3.05) is 0 Å². The number of nitrogens with zero attached hydrogens (tertiary/aromatic N) is 1. The summed E-state index contributed by atoms with van der Waals surface area (Å²) in [4.78, 5) is 23.3. The normalized spacial score (nSPS) is 29.0. The number of carboxylic acids is 2. The summed E-state index contributed by atoms with van der Waals surface area (Å²) in [6, 6.07) is 0. The zero-order valence-corrected chi connectivity index (χ0v) is 18.1. The molecule has 0 saturated carbocycles. The third-order valence-corrected chi connectivity index (χ3v) is 12.6. The molecule has 0 spiro atoms. The number of allylic oxidation sites excluding steroid dienone is 1. The highest BCUT2D eigenvalue weighted by Crippen LogP contribution is 2.42. The van der Waals surface area contributed by atoms with Gasteiger partial charge in [0.2, 0.25) is 0 Å². The van der Waals surface area contributed by atoms with E-state index in [2.05, 4.69) is 8.79 Å². The fourth-order valence-electron chi connectivity index (χ4n) is 2.42. The molecule has 0 fully saturated rings. The van der Waals surface area contributed by atoms with Crippen molar-refractivity contribution in [1.82, 2.24) is 4.39 Å². The van der Waals surface area contributed by atoms with Gasteiger partial charge in [-0.05, 0) is 31.4 Å². The number of aliphatic carboxylic acids is 2. The molecule has 1 aliphatic carbocycles. The Morgan fingerprint density at radius 2 is 1.69 bits per heavy atom. The van der Waals surface area contributed by atoms with Crippen LogP contribution in [0.25, 0.3) is 0 Å². The van der Waals surface area contributed by atoms with Crippen molar-refractivity contribution >= 4 is 36.1 Å². The maximum Gasteiger partial charge on any atom is 0.315 e. The molecule has 0 aromatic heterocycles. The van der Waals surface area contributed by atoms with E-state index in [-0.39, 0.29) is 17.2 Å². The van der Waals surface area contributed by atoms with E-state index in [1.165, 1.54) is 26.0 Å². The van der Waals surface area contributed by atoms with E-state index in [1.807, 2.05) is 33.9 Å². The molecule has 0 bridgehead atoms. The number of carboxylic acid groups (broad SMARTS) is 2. The minimum atomic E-state index is -4.15. The fraction of sp³-hybridized carbons (Fsp3) is 0.688. The zero-order valence-electron chi connectivity index (χ0n) is 16.2. The maximum atomic E-state index is 12.6. The van der Waals surface area contributed by atoms with Crippen LogP contribution in [0.5, 0.6) is 0 Å². The van der Waals surface area contributed by atoms with E-state index >= 15 is 0 Å². The summed E-state index contributed by atoms with van der Waals surface area (Å²) in [6.45, 7) is 12.2. The van der Waals surface area contributed by atoms with Crippen LogP contribution in [0.3, 0.4) is 0 Å². The average Bonchev–Trinajstić information content (AvgIpc) is 2.39. The second-order valence-electron chi connectivity index (χ2n) is 8.80. The van der Waals surface area contributed by atoms with Crippen LogP contribution in [0.15, 0.2) is 16.5 Å². The summed E-state index contributed by atoms with van der Waals surface area (Å²) < 4.78 is 31.5. The molecule has 0 saturated heterocycles. The van der Waals surface area contributed by atoms with E-state index in [9.17, 15) is 28.2 Å². The molecule has 0 amide bonds. The van der Waals surface area contributed by atoms with Crippen molar-refractivity contribution in [1.29, 1.82) is 0 Å². The predicted octanol–water partition coefficient (Wildman–Crippen LogP) is 2.41. The first kappa shape index (κ1) is 22.5. The van der Waals surface area contributed by atoms with Crippen LogP contribution in [0.1, 0.15) is 41.0 Å². The van der Waals surface area contributed by atoms with Gasteiger partial charge in [0.05, 0.1) is 11.1 Å². The van der Waals surface area contributed by atoms with Gasteiger partial charge in [-0.2, -0.15) is 12.8 Å². The van der Waals surface area contributed by atoms with Gasteiger partial charge in [-0.3, -0.25) is 9.59 Å². The highest BCUT2D eigenvalue weighted by atomic mass is 32.2. The van der Waals surface area contributed by atoms with Crippen LogP contribution in [-0.2, 0) is 19.8 Å². The SMILES string of the molecule is CC1(C(=O)O)C=CC(=NS(=O)(=O)N[Si](C)(C)C(C)(C)C)C(C)(C(=O)O)C1. The van der Waals surface area contributed by atoms with Crippen LogP contribution >= 0.6 is 0 Å². The minimum Gasteiger partial charge on any atom is -0.481 e. The summed E-state index contributed by atoms with van der Waals surface area (Å²) in [5.41, 5.74) is -3.33. The topological polar surface area (TPSA) is 133 Å². The second kappa shape index (κ2) is 6.57. The lowest BCUT2D eigenvalue weighted by Crippen LogP contribution is -2.54. The smallest absolute Gasteiger partial charge is 0.315 e. The van der Waals surface area contributed by atoms with Crippen LogP contribution in [0.4, 0.5) is 0 Å². The molecular formula is C16H28N2O6SSi. The van der Waals surface area contributed by atoms with Crippen LogP contribution in [-0.4, -0.2) is 44.5 Å². The van der Waals surface area contributed by atoms with Gasteiger partial charge in [-0.15, -0.1) is 0 Å². The van der Waals surface area contributed by atoms with Crippen LogP contribution in [0, 0.1) is 10.8 Å². The molecule has 2 atom stereocenters. The second-order valence-corrected chi connectivity index (χ2v) is 15.5. The third-order valence-electron chi connectivity index (χ3n) is 5.33. The standard InChI is InChI=1S/C16H28N2O6SSi/c1-14(2,3)26(6,7)18-25(23,24)17-11-8-9-15(4,12(19)20)10-16(11,5)13(21)22/h8-9,18H,10H2,1-7H3,(H,19,20)(H,21,22). The molecule has 2 unspecified atom stereocenters. The van der Waals surface area contributed by atoms with Crippen molar-refractivity contribution < 1.29 is 28.2 Å². The Hall–Kier alpha value is -1.52. The minimum absolute atomic E-state index is 0.185. The monoisotopic (exact) mass is 404 g/mol. The molecule has 1 rings (SSSR count). The zero-order chi connectivity index (χ0) is 20.8. The first-order valence-electron chi connectivity index (χ1n) is 8.17. The molecule has 1 aliphatic rings. The largest absolute Gasteiger partial charge is 0.481 e. The van der Waals surface area contributed by atoms with E-state index in [4.69, 9.17) is 0 Å². The van der Waals surface area contributed by atoms with E-state index in [0.717, 1.165) is 0 Å². The van der Waals surface area contributed by atoms with Crippen LogP contribution in [0.2, 0.25) is 18.1 Å². The lowest BCUT2D eigenvalue weighted by atomic mass is 9.66. The maximum absolute atomic E-state index is 12.6. The Morgan fingerprint density at radius 3 is 2.08 bits per heavy atom. The summed E-state index contributed by atoms with van der Waals surface area (Å²) in [5.74, 6) is -2.50. The summed E-state index contributed by atoms with van der Waals surface area (Å²) in [6.07, 6.45) is 2.19. The molecule has 26 heavy (non-hydrogen) atoms. The van der Waals surface area contributed by atoms with Crippen molar-refractivity contribution in [2.24, 2.45) is 15.2 Å². The molecule has 3 N–H and O–H groups in total. The van der Waals surface area contributed by atoms with Gasteiger partial charge < -0.3 is 10.2 Å². The van der Waals surface area contributed by atoms with Gasteiger partial charge in [0.25, 0.3) is 0 Å².